The van der Waals surface area contributed by atoms with Crippen molar-refractivity contribution >= 4 is 17.6 Å². The van der Waals surface area contributed by atoms with Crippen LogP contribution in [0.1, 0.15) is 19.6 Å². The summed E-state index contributed by atoms with van der Waals surface area (Å²) in [7, 11) is 0. The lowest BCUT2D eigenvalue weighted by Gasteiger charge is -2.34. The largest absolute Gasteiger partial charge is 0.360 e. The van der Waals surface area contributed by atoms with E-state index in [0.717, 1.165) is 39.3 Å². The average molecular weight is 337 g/mol. The molecule has 0 atom stereocenters. The SMILES string of the molecule is CCN(CC)C(=O)CN1CCN(CC(=O)Nc2cc(C)on2)CC1. The van der Waals surface area contributed by atoms with Crippen molar-refractivity contribution in [2.45, 2.75) is 20.8 Å². The van der Waals surface area contributed by atoms with Crippen LogP contribution in [0.15, 0.2) is 10.6 Å². The molecule has 1 N–H and O–H groups in total. The van der Waals surface area contributed by atoms with E-state index >= 15 is 0 Å². The molecule has 1 aromatic heterocycles. The summed E-state index contributed by atoms with van der Waals surface area (Å²) < 4.78 is 4.92. The molecule has 8 heteroatoms. The highest BCUT2D eigenvalue weighted by Gasteiger charge is 2.22. The molecule has 1 aliphatic rings. The lowest BCUT2D eigenvalue weighted by atomic mass is 10.3. The van der Waals surface area contributed by atoms with Gasteiger partial charge in [-0.05, 0) is 20.8 Å². The van der Waals surface area contributed by atoms with Crippen molar-refractivity contribution in [1.29, 1.82) is 0 Å². The molecule has 0 saturated carbocycles. The summed E-state index contributed by atoms with van der Waals surface area (Å²) in [6.45, 7) is 11.2. The van der Waals surface area contributed by atoms with Crippen LogP contribution < -0.4 is 5.32 Å². The second-order valence-electron chi connectivity index (χ2n) is 5.99. The van der Waals surface area contributed by atoms with Gasteiger partial charge >= 0.3 is 0 Å². The zero-order valence-electron chi connectivity index (χ0n) is 14.7. The molecule has 0 spiro atoms. The minimum Gasteiger partial charge on any atom is -0.360 e. The zero-order valence-corrected chi connectivity index (χ0v) is 14.7. The molecule has 0 bridgehead atoms. The van der Waals surface area contributed by atoms with Gasteiger partial charge in [-0.1, -0.05) is 5.16 Å². The number of aryl methyl sites for hydroxylation is 1. The lowest BCUT2D eigenvalue weighted by Crippen LogP contribution is -2.51. The lowest BCUT2D eigenvalue weighted by molar-refractivity contribution is -0.132. The minimum atomic E-state index is -0.101. The molecule has 2 rings (SSSR count). The number of amides is 2. The predicted octanol–water partition coefficient (Wildman–Crippen LogP) is 0.408. The molecule has 0 aliphatic carbocycles. The highest BCUT2D eigenvalue weighted by Crippen LogP contribution is 2.08. The molecule has 2 heterocycles. The summed E-state index contributed by atoms with van der Waals surface area (Å²) in [6, 6.07) is 1.69. The third kappa shape index (κ3) is 5.31. The Morgan fingerprint density at radius 1 is 1.17 bits per heavy atom. The van der Waals surface area contributed by atoms with Crippen molar-refractivity contribution in [3.8, 4) is 0 Å². The number of carbonyl (C=O) groups is 2. The number of likely N-dealkylation sites (N-methyl/N-ethyl adjacent to an activating group) is 1. The Kier molecular flexibility index (Phi) is 6.74. The average Bonchev–Trinajstić information content (AvgIpc) is 2.95. The number of hydrogen-bond donors (Lipinski definition) is 1. The fourth-order valence-corrected chi connectivity index (χ4v) is 2.78. The number of carbonyl (C=O) groups excluding carboxylic acids is 2. The highest BCUT2D eigenvalue weighted by molar-refractivity contribution is 5.91. The van der Waals surface area contributed by atoms with Crippen molar-refractivity contribution in [2.24, 2.45) is 0 Å². The van der Waals surface area contributed by atoms with Gasteiger partial charge in [0, 0.05) is 45.3 Å². The number of anilines is 1. The van der Waals surface area contributed by atoms with Gasteiger partial charge < -0.3 is 14.7 Å². The van der Waals surface area contributed by atoms with E-state index in [1.807, 2.05) is 18.7 Å². The van der Waals surface area contributed by atoms with Gasteiger partial charge in [-0.3, -0.25) is 19.4 Å². The van der Waals surface area contributed by atoms with Gasteiger partial charge in [0.1, 0.15) is 5.76 Å². The van der Waals surface area contributed by atoms with E-state index < -0.39 is 0 Å². The van der Waals surface area contributed by atoms with Crippen LogP contribution in [-0.4, -0.2) is 84.0 Å². The van der Waals surface area contributed by atoms with Gasteiger partial charge in [0.15, 0.2) is 5.82 Å². The van der Waals surface area contributed by atoms with Crippen molar-refractivity contribution in [1.82, 2.24) is 19.9 Å². The van der Waals surface area contributed by atoms with Crippen LogP contribution in [-0.2, 0) is 9.59 Å². The van der Waals surface area contributed by atoms with Gasteiger partial charge in [0.2, 0.25) is 11.8 Å². The fraction of sp³-hybridized carbons (Fsp3) is 0.688. The Bertz CT molecular complexity index is 548. The third-order valence-corrected chi connectivity index (χ3v) is 4.20. The molecular weight excluding hydrogens is 310 g/mol. The summed E-state index contributed by atoms with van der Waals surface area (Å²) in [6.07, 6.45) is 0. The van der Waals surface area contributed by atoms with E-state index in [9.17, 15) is 9.59 Å². The van der Waals surface area contributed by atoms with Crippen LogP contribution in [0.25, 0.3) is 0 Å². The minimum absolute atomic E-state index is 0.101. The van der Waals surface area contributed by atoms with Gasteiger partial charge in [-0.15, -0.1) is 0 Å². The zero-order chi connectivity index (χ0) is 17.5. The first-order valence-corrected chi connectivity index (χ1v) is 8.47. The van der Waals surface area contributed by atoms with Crippen molar-refractivity contribution in [3.05, 3.63) is 11.8 Å². The first-order valence-electron chi connectivity index (χ1n) is 8.47. The topological polar surface area (TPSA) is 81.9 Å². The van der Waals surface area contributed by atoms with E-state index in [2.05, 4.69) is 20.3 Å². The molecular formula is C16H27N5O3. The molecule has 134 valence electrons. The van der Waals surface area contributed by atoms with Crippen LogP contribution in [0.3, 0.4) is 0 Å². The van der Waals surface area contributed by atoms with E-state index in [0.29, 0.717) is 24.7 Å². The summed E-state index contributed by atoms with van der Waals surface area (Å²) in [5.41, 5.74) is 0. The van der Waals surface area contributed by atoms with Crippen LogP contribution >= 0.6 is 0 Å². The van der Waals surface area contributed by atoms with Gasteiger partial charge in [0.05, 0.1) is 13.1 Å². The van der Waals surface area contributed by atoms with Crippen molar-refractivity contribution in [3.63, 3.8) is 0 Å². The summed E-state index contributed by atoms with van der Waals surface area (Å²) >= 11 is 0. The Morgan fingerprint density at radius 2 is 1.75 bits per heavy atom. The van der Waals surface area contributed by atoms with Crippen molar-refractivity contribution < 1.29 is 14.1 Å². The van der Waals surface area contributed by atoms with Crippen LogP contribution in [0.5, 0.6) is 0 Å². The Labute approximate surface area is 142 Å². The van der Waals surface area contributed by atoms with Gasteiger partial charge in [-0.25, -0.2) is 0 Å². The van der Waals surface area contributed by atoms with Crippen molar-refractivity contribution in [2.75, 3.05) is 57.7 Å². The van der Waals surface area contributed by atoms with E-state index in [-0.39, 0.29) is 11.8 Å². The van der Waals surface area contributed by atoms with E-state index in [1.54, 1.807) is 13.0 Å². The molecule has 2 amide bonds. The number of nitrogens with one attached hydrogen (secondary N) is 1. The first-order chi connectivity index (χ1) is 11.5. The summed E-state index contributed by atoms with van der Waals surface area (Å²) in [5, 5.41) is 6.47. The number of rotatable bonds is 7. The molecule has 1 fully saturated rings. The maximum atomic E-state index is 12.1. The second kappa shape index (κ2) is 8.79. The quantitative estimate of drug-likeness (QED) is 0.776. The maximum Gasteiger partial charge on any atom is 0.239 e. The normalized spacial score (nSPS) is 16.1. The molecule has 1 aromatic rings. The first kappa shape index (κ1) is 18.4. The number of nitrogens with zero attached hydrogens (tertiary/aromatic N) is 4. The molecule has 0 unspecified atom stereocenters. The maximum absolute atomic E-state index is 12.1. The standard InChI is InChI=1S/C16H27N5O3/c1-4-21(5-2)16(23)12-20-8-6-19(7-9-20)11-15(22)17-14-10-13(3)24-18-14/h10H,4-9,11-12H2,1-3H3,(H,17,18,22). The predicted molar refractivity (Wildman–Crippen MR) is 90.7 cm³/mol. The number of hydrogen-bond acceptors (Lipinski definition) is 6. The fourth-order valence-electron chi connectivity index (χ4n) is 2.78. The Hall–Kier alpha value is -1.93. The van der Waals surface area contributed by atoms with Gasteiger partial charge in [0.25, 0.3) is 0 Å². The molecule has 0 radical (unpaired) electrons. The van der Waals surface area contributed by atoms with Crippen LogP contribution in [0, 0.1) is 6.92 Å². The number of piperazine rings is 1. The monoisotopic (exact) mass is 337 g/mol. The Morgan fingerprint density at radius 3 is 2.25 bits per heavy atom. The van der Waals surface area contributed by atoms with Gasteiger partial charge in [-0.2, -0.15) is 0 Å². The second-order valence-corrected chi connectivity index (χ2v) is 5.99. The van der Waals surface area contributed by atoms with E-state index in [4.69, 9.17) is 4.52 Å². The van der Waals surface area contributed by atoms with Crippen LogP contribution in [0.4, 0.5) is 5.82 Å². The summed E-state index contributed by atoms with van der Waals surface area (Å²) in [4.78, 5) is 30.2. The molecule has 0 aromatic carbocycles. The number of aromatic nitrogens is 1. The summed E-state index contributed by atoms with van der Waals surface area (Å²) in [5.74, 6) is 1.18. The van der Waals surface area contributed by atoms with E-state index in [1.165, 1.54) is 0 Å². The molecule has 24 heavy (non-hydrogen) atoms. The Balaban J connectivity index is 1.70. The smallest absolute Gasteiger partial charge is 0.239 e. The third-order valence-electron chi connectivity index (χ3n) is 4.20. The molecule has 1 saturated heterocycles. The van der Waals surface area contributed by atoms with Crippen LogP contribution in [0.2, 0.25) is 0 Å². The highest BCUT2D eigenvalue weighted by atomic mass is 16.5. The molecule has 1 aliphatic heterocycles. The molecule has 8 nitrogen and oxygen atoms in total.